The topological polar surface area (TPSA) is 124 Å². The van der Waals surface area contributed by atoms with Crippen molar-refractivity contribution in [3.8, 4) is 0 Å². The van der Waals surface area contributed by atoms with Crippen LogP contribution in [0.15, 0.2) is 15.4 Å². The molecule has 9 nitrogen and oxygen atoms in total. The van der Waals surface area contributed by atoms with Gasteiger partial charge in [0.15, 0.2) is 0 Å². The van der Waals surface area contributed by atoms with E-state index in [0.29, 0.717) is 0 Å². The van der Waals surface area contributed by atoms with Gasteiger partial charge in [-0.3, -0.25) is 14.9 Å². The molecule has 3 N–H and O–H groups in total. The molecule has 3 heterocycles. The molecule has 0 saturated carbocycles. The van der Waals surface area contributed by atoms with Crippen LogP contribution in [-0.2, 0) is 14.8 Å². The van der Waals surface area contributed by atoms with E-state index in [9.17, 15) is 13.2 Å². The van der Waals surface area contributed by atoms with Gasteiger partial charge in [0.05, 0.1) is 18.8 Å². The molecule has 0 aromatic heterocycles. The van der Waals surface area contributed by atoms with Crippen molar-refractivity contribution in [1.29, 1.82) is 0 Å². The normalized spacial score (nSPS) is 21.9. The van der Waals surface area contributed by atoms with Crippen LogP contribution in [0.25, 0.3) is 0 Å². The highest BCUT2D eigenvalue weighted by Gasteiger charge is 2.22. The van der Waals surface area contributed by atoms with E-state index >= 15 is 0 Å². The lowest BCUT2D eigenvalue weighted by Crippen LogP contribution is -2.20. The molecule has 0 spiro atoms. The third-order valence-corrected chi connectivity index (χ3v) is 3.18. The SMILES string of the molecule is C1=NNCC1.C1CNN=N1.O=C1CCS(=O)(=O)N1. The number of hydrogen-bond acceptors (Lipinski definition) is 8. The highest BCUT2D eigenvalue weighted by Crippen LogP contribution is 1.98. The molecule has 0 aromatic carbocycles. The van der Waals surface area contributed by atoms with Gasteiger partial charge in [0.1, 0.15) is 0 Å². The summed E-state index contributed by atoms with van der Waals surface area (Å²) < 4.78 is 22.4. The second-order valence-corrected chi connectivity index (χ2v) is 5.32. The average Bonchev–Trinajstić information content (AvgIpc) is 3.02. The van der Waals surface area contributed by atoms with Crippen molar-refractivity contribution in [1.82, 2.24) is 15.6 Å². The zero-order valence-electron chi connectivity index (χ0n) is 9.79. The van der Waals surface area contributed by atoms with Crippen molar-refractivity contribution in [2.24, 2.45) is 15.4 Å². The number of nitrogens with one attached hydrogen (secondary N) is 3. The fraction of sp³-hybridized carbons (Fsp3) is 0.750. The molecule has 1 amide bonds. The summed E-state index contributed by atoms with van der Waals surface area (Å²) in [5.74, 6) is -0.448. The summed E-state index contributed by atoms with van der Waals surface area (Å²) in [6, 6.07) is 0. The lowest BCUT2D eigenvalue weighted by molar-refractivity contribution is -0.118. The molecule has 3 aliphatic heterocycles. The molecule has 3 rings (SSSR count). The predicted molar refractivity (Wildman–Crippen MR) is 65.4 cm³/mol. The van der Waals surface area contributed by atoms with Crippen LogP contribution in [0.1, 0.15) is 12.8 Å². The maximum Gasteiger partial charge on any atom is 0.235 e. The third-order valence-electron chi connectivity index (χ3n) is 1.90. The Kier molecular flexibility index (Phi) is 6.05. The number of rotatable bonds is 0. The number of nitrogens with zero attached hydrogens (tertiary/aromatic N) is 3. The number of hydrogen-bond donors (Lipinski definition) is 3. The Hall–Kier alpha value is -1.71. The van der Waals surface area contributed by atoms with E-state index in [1.54, 1.807) is 0 Å². The average molecular weight is 276 g/mol. The monoisotopic (exact) mass is 276 g/mol. The summed E-state index contributed by atoms with van der Waals surface area (Å²) >= 11 is 0. The zero-order chi connectivity index (χ0) is 13.3. The van der Waals surface area contributed by atoms with Crippen molar-refractivity contribution in [3.63, 3.8) is 0 Å². The summed E-state index contributed by atoms with van der Waals surface area (Å²) in [6.07, 6.45) is 3.09. The molecular weight excluding hydrogens is 260 g/mol. The smallest absolute Gasteiger partial charge is 0.235 e. The molecule has 0 atom stereocenters. The van der Waals surface area contributed by atoms with Gasteiger partial charge in [-0.15, -0.1) is 0 Å². The van der Waals surface area contributed by atoms with Crippen molar-refractivity contribution in [2.45, 2.75) is 12.8 Å². The number of amides is 1. The van der Waals surface area contributed by atoms with Crippen molar-refractivity contribution in [2.75, 3.05) is 25.4 Å². The summed E-state index contributed by atoms with van der Waals surface area (Å²) in [7, 11) is -3.20. The Morgan fingerprint density at radius 3 is 2.22 bits per heavy atom. The molecule has 0 radical (unpaired) electrons. The Bertz CT molecular complexity index is 391. The second-order valence-electron chi connectivity index (χ2n) is 3.48. The number of sulfonamides is 1. The van der Waals surface area contributed by atoms with E-state index in [2.05, 4.69) is 26.3 Å². The minimum atomic E-state index is -3.20. The van der Waals surface area contributed by atoms with E-state index < -0.39 is 15.9 Å². The Labute approximate surface area is 105 Å². The van der Waals surface area contributed by atoms with Gasteiger partial charge in [0, 0.05) is 25.6 Å². The first kappa shape index (κ1) is 14.4. The first-order chi connectivity index (χ1) is 8.60. The first-order valence-electron chi connectivity index (χ1n) is 5.47. The summed E-state index contributed by atoms with van der Waals surface area (Å²) in [4.78, 5) is 10.2. The molecular formula is C8H16N6O3S. The van der Waals surface area contributed by atoms with Crippen molar-refractivity contribution < 1.29 is 13.2 Å². The van der Waals surface area contributed by atoms with Crippen LogP contribution in [0.4, 0.5) is 0 Å². The van der Waals surface area contributed by atoms with Crippen LogP contribution in [0.2, 0.25) is 0 Å². The second kappa shape index (κ2) is 7.58. The molecule has 0 unspecified atom stereocenters. The van der Waals surface area contributed by atoms with Crippen LogP contribution in [0.3, 0.4) is 0 Å². The van der Waals surface area contributed by atoms with Gasteiger partial charge in [-0.05, 0) is 0 Å². The van der Waals surface area contributed by atoms with Crippen LogP contribution in [-0.4, -0.2) is 45.9 Å². The van der Waals surface area contributed by atoms with Crippen molar-refractivity contribution >= 4 is 22.1 Å². The van der Waals surface area contributed by atoms with Gasteiger partial charge < -0.3 is 5.43 Å². The van der Waals surface area contributed by atoms with Crippen molar-refractivity contribution in [3.05, 3.63) is 0 Å². The van der Waals surface area contributed by atoms with Crippen LogP contribution < -0.4 is 15.6 Å². The van der Waals surface area contributed by atoms with Gasteiger partial charge in [-0.2, -0.15) is 10.2 Å². The highest BCUT2D eigenvalue weighted by atomic mass is 32.2. The van der Waals surface area contributed by atoms with Gasteiger partial charge >= 0.3 is 0 Å². The van der Waals surface area contributed by atoms with Crippen LogP contribution >= 0.6 is 0 Å². The minimum Gasteiger partial charge on any atom is -0.310 e. The summed E-state index contributed by atoms with van der Waals surface area (Å²) in [5.41, 5.74) is 5.47. The van der Waals surface area contributed by atoms with E-state index in [1.165, 1.54) is 0 Å². The maximum atomic E-state index is 10.3. The fourth-order valence-electron chi connectivity index (χ4n) is 1.08. The summed E-state index contributed by atoms with van der Waals surface area (Å²) in [5, 5.41) is 10.8. The number of carbonyl (C=O) groups excluding carboxylic acids is 1. The molecule has 3 aliphatic rings. The molecule has 0 aliphatic carbocycles. The third kappa shape index (κ3) is 6.78. The Balaban J connectivity index is 0.000000141. The van der Waals surface area contributed by atoms with Crippen LogP contribution in [0.5, 0.6) is 0 Å². The van der Waals surface area contributed by atoms with E-state index in [-0.39, 0.29) is 12.2 Å². The molecule has 1 fully saturated rings. The van der Waals surface area contributed by atoms with E-state index in [4.69, 9.17) is 0 Å². The molecule has 0 aromatic rings. The van der Waals surface area contributed by atoms with Gasteiger partial charge in [0.25, 0.3) is 0 Å². The maximum absolute atomic E-state index is 10.3. The van der Waals surface area contributed by atoms with E-state index in [0.717, 1.165) is 26.1 Å². The lowest BCUT2D eigenvalue weighted by Gasteiger charge is -1.85. The van der Waals surface area contributed by atoms with Crippen LogP contribution in [0, 0.1) is 0 Å². The van der Waals surface area contributed by atoms with Gasteiger partial charge in [-0.25, -0.2) is 8.42 Å². The highest BCUT2D eigenvalue weighted by molar-refractivity contribution is 7.90. The Morgan fingerprint density at radius 1 is 1.22 bits per heavy atom. The molecule has 102 valence electrons. The molecule has 18 heavy (non-hydrogen) atoms. The largest absolute Gasteiger partial charge is 0.310 e. The molecule has 0 bridgehead atoms. The molecule has 10 heteroatoms. The van der Waals surface area contributed by atoms with Gasteiger partial charge in [0.2, 0.25) is 15.9 Å². The minimum absolute atomic E-state index is 0.0498. The lowest BCUT2D eigenvalue weighted by atomic mass is 10.5. The standard InChI is InChI=1S/C3H6N2.C3H5NO3S.C2H5N3/c1-2-4-5-3-1;5-3-1-2-8(6,7)4-3;1-2-4-5-3-1/h2,5H,1,3H2;1-2H2,(H,4,5);1-2H2,(H,3,4). The molecule has 1 saturated heterocycles. The van der Waals surface area contributed by atoms with E-state index in [1.807, 2.05) is 10.9 Å². The fourth-order valence-corrected chi connectivity index (χ4v) is 2.08. The first-order valence-corrected chi connectivity index (χ1v) is 7.12. The quantitative estimate of drug-likeness (QED) is 0.510. The van der Waals surface area contributed by atoms with Gasteiger partial charge in [-0.1, -0.05) is 5.22 Å². The Morgan fingerprint density at radius 2 is 2.06 bits per heavy atom. The summed E-state index contributed by atoms with van der Waals surface area (Å²) in [6.45, 7) is 2.79. The zero-order valence-corrected chi connectivity index (χ0v) is 10.6. The number of hydrazone groups is 1. The predicted octanol–water partition coefficient (Wildman–Crippen LogP) is -1.24. The number of carbonyl (C=O) groups is 1.